The van der Waals surface area contributed by atoms with Gasteiger partial charge in [-0.1, -0.05) is 28.1 Å². The molecule has 1 aromatic carbocycles. The summed E-state index contributed by atoms with van der Waals surface area (Å²) in [6.45, 7) is 1.75. The van der Waals surface area contributed by atoms with Gasteiger partial charge in [-0.25, -0.2) is 8.78 Å². The van der Waals surface area contributed by atoms with E-state index in [0.717, 1.165) is 6.07 Å². The van der Waals surface area contributed by atoms with Gasteiger partial charge < -0.3 is 0 Å². The standard InChI is InChI=1S/C8H7BrF2/c1-5(9)6-3-2-4-7(10)8(6)11/h2-5H,1H3. The second-order valence-electron chi connectivity index (χ2n) is 2.26. The maximum absolute atomic E-state index is 12.8. The highest BCUT2D eigenvalue weighted by atomic mass is 79.9. The fraction of sp³-hybridized carbons (Fsp3) is 0.250. The monoisotopic (exact) mass is 220 g/mol. The maximum Gasteiger partial charge on any atom is 0.163 e. The molecule has 0 bridgehead atoms. The molecule has 3 heteroatoms. The van der Waals surface area contributed by atoms with Crippen molar-refractivity contribution in [1.82, 2.24) is 0 Å². The SMILES string of the molecule is CC(Br)c1cccc(F)c1F. The largest absolute Gasteiger partial charge is 0.204 e. The highest BCUT2D eigenvalue weighted by molar-refractivity contribution is 9.09. The van der Waals surface area contributed by atoms with Crippen LogP contribution in [0, 0.1) is 11.6 Å². The fourth-order valence-electron chi connectivity index (χ4n) is 0.828. The molecular formula is C8H7BrF2. The molecular weight excluding hydrogens is 214 g/mol. The van der Waals surface area contributed by atoms with Crippen molar-refractivity contribution in [3.05, 3.63) is 35.4 Å². The minimum atomic E-state index is -0.797. The van der Waals surface area contributed by atoms with Gasteiger partial charge >= 0.3 is 0 Å². The average molecular weight is 221 g/mol. The molecule has 1 aromatic rings. The number of halogens is 3. The lowest BCUT2D eigenvalue weighted by Crippen LogP contribution is -1.93. The summed E-state index contributed by atoms with van der Waals surface area (Å²) in [6.07, 6.45) is 0. The van der Waals surface area contributed by atoms with E-state index in [-0.39, 0.29) is 4.83 Å². The summed E-state index contributed by atoms with van der Waals surface area (Å²) in [6, 6.07) is 4.15. The second-order valence-corrected chi connectivity index (χ2v) is 3.63. The molecule has 0 heterocycles. The molecule has 1 atom stereocenters. The average Bonchev–Trinajstić information content (AvgIpc) is 1.94. The van der Waals surface area contributed by atoms with Crippen LogP contribution in [-0.4, -0.2) is 0 Å². The van der Waals surface area contributed by atoms with Crippen molar-refractivity contribution in [2.45, 2.75) is 11.8 Å². The quantitative estimate of drug-likeness (QED) is 0.637. The van der Waals surface area contributed by atoms with Gasteiger partial charge in [0.1, 0.15) is 0 Å². The van der Waals surface area contributed by atoms with Crippen molar-refractivity contribution in [3.63, 3.8) is 0 Å². The molecule has 0 nitrogen and oxygen atoms in total. The van der Waals surface area contributed by atoms with Crippen LogP contribution in [0.5, 0.6) is 0 Å². The lowest BCUT2D eigenvalue weighted by atomic mass is 10.1. The topological polar surface area (TPSA) is 0 Å². The van der Waals surface area contributed by atoms with E-state index in [1.165, 1.54) is 6.07 Å². The number of benzene rings is 1. The maximum atomic E-state index is 12.8. The lowest BCUT2D eigenvalue weighted by molar-refractivity contribution is 0.499. The molecule has 0 radical (unpaired) electrons. The Bertz CT molecular complexity index is 258. The number of rotatable bonds is 1. The van der Waals surface area contributed by atoms with Crippen LogP contribution in [0.25, 0.3) is 0 Å². The van der Waals surface area contributed by atoms with Crippen molar-refractivity contribution in [1.29, 1.82) is 0 Å². The molecule has 1 unspecified atom stereocenters. The molecule has 0 saturated heterocycles. The summed E-state index contributed by atoms with van der Waals surface area (Å²) in [5, 5.41) is 0. The Morgan fingerprint density at radius 2 is 2.00 bits per heavy atom. The van der Waals surface area contributed by atoms with Gasteiger partial charge in [0.15, 0.2) is 11.6 Å². The minimum Gasteiger partial charge on any atom is -0.204 e. The molecule has 0 spiro atoms. The van der Waals surface area contributed by atoms with Crippen LogP contribution >= 0.6 is 15.9 Å². The van der Waals surface area contributed by atoms with Gasteiger partial charge in [-0.2, -0.15) is 0 Å². The van der Waals surface area contributed by atoms with Crippen LogP contribution < -0.4 is 0 Å². The summed E-state index contributed by atoms with van der Waals surface area (Å²) >= 11 is 3.16. The highest BCUT2D eigenvalue weighted by Crippen LogP contribution is 2.25. The van der Waals surface area contributed by atoms with E-state index in [4.69, 9.17) is 0 Å². The molecule has 0 aromatic heterocycles. The molecule has 0 fully saturated rings. The number of hydrogen-bond acceptors (Lipinski definition) is 0. The Hall–Kier alpha value is -0.440. The first kappa shape index (κ1) is 8.65. The zero-order valence-corrected chi connectivity index (χ0v) is 7.53. The van der Waals surface area contributed by atoms with E-state index < -0.39 is 11.6 Å². The third-order valence-corrected chi connectivity index (χ3v) is 1.90. The Kier molecular flexibility index (Phi) is 2.60. The first-order valence-corrected chi connectivity index (χ1v) is 4.12. The molecule has 0 aliphatic heterocycles. The van der Waals surface area contributed by atoms with Gasteiger partial charge in [0.25, 0.3) is 0 Å². The molecule has 0 N–H and O–H groups in total. The minimum absolute atomic E-state index is 0.154. The first-order valence-electron chi connectivity index (χ1n) is 3.21. The van der Waals surface area contributed by atoms with E-state index in [2.05, 4.69) is 15.9 Å². The molecule has 0 aliphatic rings. The van der Waals surface area contributed by atoms with Crippen molar-refractivity contribution < 1.29 is 8.78 Å². The van der Waals surface area contributed by atoms with E-state index in [9.17, 15) is 8.78 Å². The molecule has 11 heavy (non-hydrogen) atoms. The smallest absolute Gasteiger partial charge is 0.163 e. The van der Waals surface area contributed by atoms with Crippen LogP contribution in [0.3, 0.4) is 0 Å². The zero-order valence-electron chi connectivity index (χ0n) is 5.94. The predicted molar refractivity (Wildman–Crippen MR) is 43.7 cm³/mol. The highest BCUT2D eigenvalue weighted by Gasteiger charge is 2.10. The molecule has 0 amide bonds. The molecule has 0 aliphatic carbocycles. The summed E-state index contributed by atoms with van der Waals surface area (Å²) in [5.41, 5.74) is 0.352. The van der Waals surface area contributed by atoms with Gasteiger partial charge in [0.2, 0.25) is 0 Å². The molecule has 60 valence electrons. The van der Waals surface area contributed by atoms with E-state index in [1.807, 2.05) is 0 Å². The van der Waals surface area contributed by atoms with Gasteiger partial charge in [0.05, 0.1) is 0 Å². The van der Waals surface area contributed by atoms with Crippen LogP contribution in [0.2, 0.25) is 0 Å². The normalized spacial score (nSPS) is 13.1. The number of hydrogen-bond donors (Lipinski definition) is 0. The van der Waals surface area contributed by atoms with Crippen LogP contribution in [0.15, 0.2) is 18.2 Å². The number of alkyl halides is 1. The Balaban J connectivity index is 3.17. The van der Waals surface area contributed by atoms with Crippen molar-refractivity contribution >= 4 is 15.9 Å². The summed E-state index contributed by atoms with van der Waals surface area (Å²) in [7, 11) is 0. The van der Waals surface area contributed by atoms with Crippen molar-refractivity contribution in [2.75, 3.05) is 0 Å². The summed E-state index contributed by atoms with van der Waals surface area (Å²) in [4.78, 5) is -0.154. The van der Waals surface area contributed by atoms with Crippen molar-refractivity contribution in [3.8, 4) is 0 Å². The Morgan fingerprint density at radius 1 is 1.36 bits per heavy atom. The second kappa shape index (κ2) is 3.30. The Morgan fingerprint density at radius 3 is 2.45 bits per heavy atom. The van der Waals surface area contributed by atoms with Gasteiger partial charge in [-0.3, -0.25) is 0 Å². The third kappa shape index (κ3) is 1.77. The Labute approximate surface area is 72.4 Å². The predicted octanol–water partition coefficient (Wildman–Crippen LogP) is 3.42. The summed E-state index contributed by atoms with van der Waals surface area (Å²) in [5.74, 6) is -1.56. The zero-order chi connectivity index (χ0) is 8.43. The van der Waals surface area contributed by atoms with E-state index in [0.29, 0.717) is 5.56 Å². The van der Waals surface area contributed by atoms with E-state index in [1.54, 1.807) is 13.0 Å². The van der Waals surface area contributed by atoms with Crippen LogP contribution in [-0.2, 0) is 0 Å². The summed E-state index contributed by atoms with van der Waals surface area (Å²) < 4.78 is 25.4. The first-order chi connectivity index (χ1) is 5.13. The molecule has 0 saturated carbocycles. The van der Waals surface area contributed by atoms with Gasteiger partial charge in [-0.05, 0) is 13.0 Å². The third-order valence-electron chi connectivity index (χ3n) is 1.41. The fourth-order valence-corrected chi connectivity index (χ4v) is 1.18. The van der Waals surface area contributed by atoms with E-state index >= 15 is 0 Å². The molecule has 1 rings (SSSR count). The van der Waals surface area contributed by atoms with Gasteiger partial charge in [0, 0.05) is 10.4 Å². The lowest BCUT2D eigenvalue weighted by Gasteiger charge is -2.04. The van der Waals surface area contributed by atoms with Crippen LogP contribution in [0.1, 0.15) is 17.3 Å². The van der Waals surface area contributed by atoms with Crippen LogP contribution in [0.4, 0.5) is 8.78 Å². The van der Waals surface area contributed by atoms with Gasteiger partial charge in [-0.15, -0.1) is 0 Å². The van der Waals surface area contributed by atoms with Crippen molar-refractivity contribution in [2.24, 2.45) is 0 Å².